The molecular weight excluding hydrogens is 318 g/mol. The van der Waals surface area contributed by atoms with Gasteiger partial charge in [-0.3, -0.25) is 4.79 Å². The Morgan fingerprint density at radius 1 is 1.19 bits per heavy atom. The number of amides is 1. The second-order valence-electron chi connectivity index (χ2n) is 4.14. The molecule has 110 valence electrons. The lowest BCUT2D eigenvalue weighted by molar-refractivity contribution is -0.113. The zero-order valence-corrected chi connectivity index (χ0v) is 12.3. The number of carbonyl (C=O) groups excluding carboxylic acids is 1. The van der Waals surface area contributed by atoms with Crippen LogP contribution in [0.5, 0.6) is 0 Å². The van der Waals surface area contributed by atoms with Crippen LogP contribution in [0.4, 0.5) is 20.2 Å². The third kappa shape index (κ3) is 4.34. The van der Waals surface area contributed by atoms with Crippen molar-refractivity contribution in [2.75, 3.05) is 16.8 Å². The summed E-state index contributed by atoms with van der Waals surface area (Å²) in [6.45, 7) is 0. The van der Waals surface area contributed by atoms with Gasteiger partial charge < -0.3 is 11.1 Å². The molecule has 1 amide bonds. The molecule has 7 heteroatoms. The number of carbonyl (C=O) groups is 1. The van der Waals surface area contributed by atoms with Crippen LogP contribution in [0.3, 0.4) is 0 Å². The van der Waals surface area contributed by atoms with E-state index in [0.717, 1.165) is 23.9 Å². The van der Waals surface area contributed by atoms with E-state index >= 15 is 0 Å². The number of halogens is 3. The standard InChI is InChI=1S/C14H11ClF2N2OS/c15-8-1-4-12(18)13(5-8)19-14(20)7-21-9-2-3-10(16)11(17)6-9/h1-6H,7,18H2,(H,19,20). The number of hydrogen-bond donors (Lipinski definition) is 2. The van der Waals surface area contributed by atoms with E-state index in [2.05, 4.69) is 5.32 Å². The Bertz CT molecular complexity index is 682. The van der Waals surface area contributed by atoms with Crippen molar-refractivity contribution in [2.24, 2.45) is 0 Å². The molecule has 2 rings (SSSR count). The third-order valence-electron chi connectivity index (χ3n) is 2.55. The van der Waals surface area contributed by atoms with Crippen molar-refractivity contribution in [2.45, 2.75) is 4.90 Å². The molecule has 3 nitrogen and oxygen atoms in total. The summed E-state index contributed by atoms with van der Waals surface area (Å²) >= 11 is 6.90. The number of rotatable bonds is 4. The molecule has 0 saturated carbocycles. The molecule has 0 aromatic heterocycles. The van der Waals surface area contributed by atoms with Gasteiger partial charge in [0.15, 0.2) is 11.6 Å². The Kier molecular flexibility index (Phi) is 5.03. The highest BCUT2D eigenvalue weighted by molar-refractivity contribution is 8.00. The minimum absolute atomic E-state index is 0.0387. The highest BCUT2D eigenvalue weighted by atomic mass is 35.5. The molecule has 0 atom stereocenters. The van der Waals surface area contributed by atoms with Gasteiger partial charge in [0.2, 0.25) is 5.91 Å². The third-order valence-corrected chi connectivity index (χ3v) is 3.78. The van der Waals surface area contributed by atoms with E-state index < -0.39 is 11.6 Å². The van der Waals surface area contributed by atoms with E-state index in [9.17, 15) is 13.6 Å². The first-order valence-corrected chi connectivity index (χ1v) is 7.25. The summed E-state index contributed by atoms with van der Waals surface area (Å²) in [5, 5.41) is 3.06. The fourth-order valence-corrected chi connectivity index (χ4v) is 2.43. The summed E-state index contributed by atoms with van der Waals surface area (Å²) in [5.41, 5.74) is 6.52. The summed E-state index contributed by atoms with van der Waals surface area (Å²) < 4.78 is 25.8. The normalized spacial score (nSPS) is 10.4. The van der Waals surface area contributed by atoms with Gasteiger partial charge in [-0.2, -0.15) is 0 Å². The van der Waals surface area contributed by atoms with Gasteiger partial charge in [0.05, 0.1) is 17.1 Å². The molecule has 0 aliphatic carbocycles. The van der Waals surface area contributed by atoms with Gasteiger partial charge in [-0.1, -0.05) is 11.6 Å². The molecule has 0 unspecified atom stereocenters. The number of hydrogen-bond acceptors (Lipinski definition) is 3. The Balaban J connectivity index is 1.95. The quantitative estimate of drug-likeness (QED) is 0.660. The topological polar surface area (TPSA) is 55.1 Å². The molecule has 21 heavy (non-hydrogen) atoms. The lowest BCUT2D eigenvalue weighted by Gasteiger charge is -2.08. The van der Waals surface area contributed by atoms with Crippen LogP contribution < -0.4 is 11.1 Å². The zero-order valence-electron chi connectivity index (χ0n) is 10.7. The van der Waals surface area contributed by atoms with Gasteiger partial charge in [-0.25, -0.2) is 8.78 Å². The summed E-state index contributed by atoms with van der Waals surface area (Å²) in [6, 6.07) is 8.20. The molecule has 0 heterocycles. The van der Waals surface area contributed by atoms with Crippen LogP contribution in [0.25, 0.3) is 0 Å². The maximum absolute atomic E-state index is 13.0. The minimum Gasteiger partial charge on any atom is -0.397 e. The van der Waals surface area contributed by atoms with Crippen LogP contribution >= 0.6 is 23.4 Å². The SMILES string of the molecule is Nc1ccc(Cl)cc1NC(=O)CSc1ccc(F)c(F)c1. The summed E-state index contributed by atoms with van der Waals surface area (Å²) in [4.78, 5) is 12.3. The van der Waals surface area contributed by atoms with E-state index in [1.165, 1.54) is 12.1 Å². The van der Waals surface area contributed by atoms with Gasteiger partial charge in [-0.15, -0.1) is 11.8 Å². The summed E-state index contributed by atoms with van der Waals surface area (Å²) in [6.07, 6.45) is 0. The second kappa shape index (κ2) is 6.78. The first-order chi connectivity index (χ1) is 9.95. The van der Waals surface area contributed by atoms with E-state index in [-0.39, 0.29) is 11.7 Å². The maximum Gasteiger partial charge on any atom is 0.234 e. The van der Waals surface area contributed by atoms with Crippen LogP contribution in [0, 0.1) is 11.6 Å². The van der Waals surface area contributed by atoms with Crippen LogP contribution in [0.15, 0.2) is 41.3 Å². The van der Waals surface area contributed by atoms with Gasteiger partial charge in [0.1, 0.15) is 0 Å². The smallest absolute Gasteiger partial charge is 0.234 e. The maximum atomic E-state index is 13.0. The van der Waals surface area contributed by atoms with Crippen LogP contribution in [0.1, 0.15) is 0 Å². The van der Waals surface area contributed by atoms with Crippen LogP contribution in [0.2, 0.25) is 5.02 Å². The highest BCUT2D eigenvalue weighted by Gasteiger charge is 2.08. The molecule has 0 aliphatic heterocycles. The monoisotopic (exact) mass is 328 g/mol. The lowest BCUT2D eigenvalue weighted by atomic mass is 10.2. The van der Waals surface area contributed by atoms with Crippen molar-refractivity contribution in [3.05, 3.63) is 53.1 Å². The largest absolute Gasteiger partial charge is 0.397 e. The highest BCUT2D eigenvalue weighted by Crippen LogP contribution is 2.24. The first kappa shape index (κ1) is 15.6. The van der Waals surface area contributed by atoms with Crippen LogP contribution in [-0.4, -0.2) is 11.7 Å². The Morgan fingerprint density at radius 3 is 2.67 bits per heavy atom. The number of benzene rings is 2. The fourth-order valence-electron chi connectivity index (χ4n) is 1.54. The molecule has 0 fully saturated rings. The average molecular weight is 329 g/mol. The molecule has 2 aromatic rings. The molecule has 0 spiro atoms. The molecule has 0 bridgehead atoms. The lowest BCUT2D eigenvalue weighted by Crippen LogP contribution is -2.15. The Morgan fingerprint density at radius 2 is 1.95 bits per heavy atom. The van der Waals surface area contributed by atoms with E-state index in [1.807, 2.05) is 0 Å². The van der Waals surface area contributed by atoms with Crippen molar-refractivity contribution in [3.8, 4) is 0 Å². The second-order valence-corrected chi connectivity index (χ2v) is 5.63. The molecular formula is C14H11ClF2N2OS. The van der Waals surface area contributed by atoms with Crippen molar-refractivity contribution < 1.29 is 13.6 Å². The number of nitrogens with two attached hydrogens (primary N) is 1. The first-order valence-electron chi connectivity index (χ1n) is 5.88. The predicted octanol–water partition coefficient (Wildman–Crippen LogP) is 3.93. The van der Waals surface area contributed by atoms with Gasteiger partial charge >= 0.3 is 0 Å². The minimum atomic E-state index is -0.945. The number of anilines is 2. The van der Waals surface area contributed by atoms with Crippen molar-refractivity contribution in [3.63, 3.8) is 0 Å². The fraction of sp³-hybridized carbons (Fsp3) is 0.0714. The number of nitrogens with one attached hydrogen (secondary N) is 1. The number of thioether (sulfide) groups is 1. The molecule has 0 radical (unpaired) electrons. The van der Waals surface area contributed by atoms with E-state index in [4.69, 9.17) is 17.3 Å². The Labute approximate surface area is 129 Å². The van der Waals surface area contributed by atoms with Gasteiger partial charge in [0.25, 0.3) is 0 Å². The molecule has 2 aromatic carbocycles. The molecule has 0 aliphatic rings. The van der Waals surface area contributed by atoms with E-state index in [1.54, 1.807) is 12.1 Å². The van der Waals surface area contributed by atoms with Crippen molar-refractivity contribution in [1.82, 2.24) is 0 Å². The van der Waals surface area contributed by atoms with Crippen molar-refractivity contribution in [1.29, 1.82) is 0 Å². The van der Waals surface area contributed by atoms with Gasteiger partial charge in [-0.05, 0) is 36.4 Å². The van der Waals surface area contributed by atoms with Crippen LogP contribution in [-0.2, 0) is 4.79 Å². The zero-order chi connectivity index (χ0) is 15.4. The Hall–Kier alpha value is -1.79. The summed E-state index contributed by atoms with van der Waals surface area (Å²) in [5.74, 6) is -2.15. The van der Waals surface area contributed by atoms with Crippen molar-refractivity contribution >= 4 is 40.6 Å². The van der Waals surface area contributed by atoms with E-state index in [0.29, 0.717) is 21.3 Å². The molecule has 3 N–H and O–H groups in total. The number of nitrogen functional groups attached to an aromatic ring is 1. The summed E-state index contributed by atoms with van der Waals surface area (Å²) in [7, 11) is 0. The van der Waals surface area contributed by atoms with Gasteiger partial charge in [0, 0.05) is 9.92 Å². The average Bonchev–Trinajstić information content (AvgIpc) is 2.44. The predicted molar refractivity (Wildman–Crippen MR) is 81.6 cm³/mol. The molecule has 0 saturated heterocycles.